The Labute approximate surface area is 144 Å². The van der Waals surface area contributed by atoms with Crippen molar-refractivity contribution in [3.05, 3.63) is 64.5 Å². The second-order valence-corrected chi connectivity index (χ2v) is 6.79. The highest BCUT2D eigenvalue weighted by molar-refractivity contribution is 7.92. The van der Waals surface area contributed by atoms with E-state index in [1.165, 1.54) is 18.2 Å². The van der Waals surface area contributed by atoms with E-state index in [-0.39, 0.29) is 11.3 Å². The van der Waals surface area contributed by atoms with Crippen LogP contribution in [0.3, 0.4) is 0 Å². The average Bonchev–Trinajstić information content (AvgIpc) is 2.57. The van der Waals surface area contributed by atoms with Gasteiger partial charge in [-0.15, -0.1) is 0 Å². The minimum Gasteiger partial charge on any atom is -0.457 e. The highest BCUT2D eigenvalue weighted by Crippen LogP contribution is 2.24. The highest BCUT2D eigenvalue weighted by atomic mass is 32.2. The molecule has 5 nitrogen and oxygen atoms in total. The molecular formula is C15H10F5NO4S. The molecular weight excluding hydrogens is 385 g/mol. The van der Waals surface area contributed by atoms with Gasteiger partial charge < -0.3 is 4.74 Å². The molecule has 0 saturated heterocycles. The van der Waals surface area contributed by atoms with Crippen molar-refractivity contribution in [2.24, 2.45) is 0 Å². The first-order valence-corrected chi connectivity index (χ1v) is 8.66. The maximum atomic E-state index is 13.6. The van der Waals surface area contributed by atoms with Gasteiger partial charge in [0, 0.05) is 0 Å². The zero-order valence-electron chi connectivity index (χ0n) is 12.9. The van der Waals surface area contributed by atoms with Gasteiger partial charge in [-0.1, -0.05) is 12.1 Å². The van der Waals surface area contributed by atoms with Crippen LogP contribution in [-0.2, 0) is 21.4 Å². The standard InChI is InChI=1S/C15H10F5NO4S/c1-26(23,24)21-9-5-3-2-4-7(9)15(22)25-6-8-10(16)12(18)14(20)13(19)11(8)17/h2-5,21H,6H2,1H3. The third kappa shape index (κ3) is 4.10. The van der Waals surface area contributed by atoms with Gasteiger partial charge in [0.1, 0.15) is 6.61 Å². The molecule has 2 rings (SSSR count). The van der Waals surface area contributed by atoms with E-state index in [9.17, 15) is 35.2 Å². The number of esters is 1. The van der Waals surface area contributed by atoms with Gasteiger partial charge in [0.05, 0.1) is 23.1 Å². The Kier molecular flexibility index (Phi) is 5.50. The molecule has 0 saturated carbocycles. The SMILES string of the molecule is CS(=O)(=O)Nc1ccccc1C(=O)OCc1c(F)c(F)c(F)c(F)c1F. The maximum Gasteiger partial charge on any atom is 0.340 e. The smallest absolute Gasteiger partial charge is 0.340 e. The molecule has 26 heavy (non-hydrogen) atoms. The Morgan fingerprint density at radius 1 is 0.962 bits per heavy atom. The maximum absolute atomic E-state index is 13.6. The van der Waals surface area contributed by atoms with Crippen LogP contribution in [-0.4, -0.2) is 20.6 Å². The molecule has 2 aromatic carbocycles. The van der Waals surface area contributed by atoms with E-state index in [4.69, 9.17) is 0 Å². The van der Waals surface area contributed by atoms with Crippen molar-refractivity contribution in [2.75, 3.05) is 11.0 Å². The van der Waals surface area contributed by atoms with E-state index in [1.807, 2.05) is 4.72 Å². The fraction of sp³-hybridized carbons (Fsp3) is 0.133. The van der Waals surface area contributed by atoms with Crippen LogP contribution in [0.1, 0.15) is 15.9 Å². The number of sulfonamides is 1. The second kappa shape index (κ2) is 7.28. The Morgan fingerprint density at radius 3 is 2.00 bits per heavy atom. The Balaban J connectivity index is 2.29. The summed E-state index contributed by atoms with van der Waals surface area (Å²) in [6.45, 7) is -1.25. The molecule has 0 aliphatic carbocycles. The largest absolute Gasteiger partial charge is 0.457 e. The van der Waals surface area contributed by atoms with Crippen molar-refractivity contribution in [1.29, 1.82) is 0 Å². The average molecular weight is 395 g/mol. The number of halogens is 5. The third-order valence-electron chi connectivity index (χ3n) is 3.09. The van der Waals surface area contributed by atoms with E-state index in [1.54, 1.807) is 0 Å². The highest BCUT2D eigenvalue weighted by Gasteiger charge is 2.26. The number of hydrogen-bond acceptors (Lipinski definition) is 4. The molecule has 0 aromatic heterocycles. The summed E-state index contributed by atoms with van der Waals surface area (Å²) in [6.07, 6.45) is 0.823. The van der Waals surface area contributed by atoms with Crippen molar-refractivity contribution >= 4 is 21.7 Å². The second-order valence-electron chi connectivity index (χ2n) is 5.04. The summed E-state index contributed by atoms with van der Waals surface area (Å²) in [6, 6.07) is 5.11. The minimum absolute atomic E-state index is 0.183. The van der Waals surface area contributed by atoms with Gasteiger partial charge in [-0.3, -0.25) is 4.72 Å². The number of para-hydroxylation sites is 1. The van der Waals surface area contributed by atoms with E-state index < -0.39 is 57.2 Å². The van der Waals surface area contributed by atoms with Crippen LogP contribution in [0, 0.1) is 29.1 Å². The normalized spacial score (nSPS) is 11.3. The lowest BCUT2D eigenvalue weighted by Gasteiger charge is -2.12. The van der Waals surface area contributed by atoms with Gasteiger partial charge in [0.25, 0.3) is 0 Å². The van der Waals surface area contributed by atoms with Crippen LogP contribution >= 0.6 is 0 Å². The van der Waals surface area contributed by atoms with Crippen molar-refractivity contribution in [3.8, 4) is 0 Å². The fourth-order valence-electron chi connectivity index (χ4n) is 1.94. The lowest BCUT2D eigenvalue weighted by Crippen LogP contribution is -2.15. The molecule has 0 aliphatic rings. The molecule has 0 atom stereocenters. The summed E-state index contributed by atoms with van der Waals surface area (Å²) in [5, 5.41) is 0. The number of carbonyl (C=O) groups is 1. The first-order chi connectivity index (χ1) is 12.0. The van der Waals surface area contributed by atoms with Gasteiger partial charge in [0.2, 0.25) is 15.8 Å². The summed E-state index contributed by atoms with van der Waals surface area (Å²) in [4.78, 5) is 12.0. The molecule has 0 aliphatic heterocycles. The Bertz CT molecular complexity index is 949. The van der Waals surface area contributed by atoms with Crippen LogP contribution in [0.25, 0.3) is 0 Å². The first kappa shape index (κ1) is 19.6. The number of rotatable bonds is 5. The minimum atomic E-state index is -3.75. The topological polar surface area (TPSA) is 72.5 Å². The zero-order chi connectivity index (χ0) is 19.6. The monoisotopic (exact) mass is 395 g/mol. The van der Waals surface area contributed by atoms with Crippen molar-refractivity contribution in [3.63, 3.8) is 0 Å². The molecule has 0 fully saturated rings. The van der Waals surface area contributed by atoms with Gasteiger partial charge in [0.15, 0.2) is 23.3 Å². The summed E-state index contributed by atoms with van der Waals surface area (Å²) < 4.78 is 95.5. The van der Waals surface area contributed by atoms with E-state index in [0.29, 0.717) is 0 Å². The van der Waals surface area contributed by atoms with Crippen LogP contribution < -0.4 is 4.72 Å². The lowest BCUT2D eigenvalue weighted by atomic mass is 10.1. The van der Waals surface area contributed by atoms with Gasteiger partial charge in [-0.05, 0) is 12.1 Å². The van der Waals surface area contributed by atoms with Crippen LogP contribution in [0.2, 0.25) is 0 Å². The summed E-state index contributed by atoms with van der Waals surface area (Å²) in [5.74, 6) is -12.2. The van der Waals surface area contributed by atoms with Crippen LogP contribution in [0.15, 0.2) is 24.3 Å². The van der Waals surface area contributed by atoms with Crippen molar-refractivity contribution in [2.45, 2.75) is 6.61 Å². The molecule has 0 heterocycles. The Hall–Kier alpha value is -2.69. The number of ether oxygens (including phenoxy) is 1. The van der Waals surface area contributed by atoms with Crippen LogP contribution in [0.5, 0.6) is 0 Å². The molecule has 0 unspecified atom stereocenters. The molecule has 11 heteroatoms. The van der Waals surface area contributed by atoms with E-state index >= 15 is 0 Å². The number of nitrogens with one attached hydrogen (secondary N) is 1. The molecule has 2 aromatic rings. The molecule has 0 spiro atoms. The summed E-state index contributed by atoms with van der Waals surface area (Å²) >= 11 is 0. The van der Waals surface area contributed by atoms with Gasteiger partial charge >= 0.3 is 5.97 Å². The van der Waals surface area contributed by atoms with E-state index in [0.717, 1.165) is 12.3 Å². The van der Waals surface area contributed by atoms with Crippen molar-refractivity contribution < 1.29 is 39.9 Å². The predicted molar refractivity (Wildman–Crippen MR) is 80.3 cm³/mol. The number of hydrogen-bond donors (Lipinski definition) is 1. The van der Waals surface area contributed by atoms with Gasteiger partial charge in [-0.2, -0.15) is 0 Å². The number of anilines is 1. The zero-order valence-corrected chi connectivity index (χ0v) is 13.8. The third-order valence-corrected chi connectivity index (χ3v) is 3.68. The first-order valence-electron chi connectivity index (χ1n) is 6.77. The molecule has 0 amide bonds. The quantitative estimate of drug-likeness (QED) is 0.366. The summed E-state index contributed by atoms with van der Waals surface area (Å²) in [7, 11) is -3.75. The molecule has 1 N–H and O–H groups in total. The Morgan fingerprint density at radius 2 is 1.46 bits per heavy atom. The number of carbonyl (C=O) groups excluding carboxylic acids is 1. The molecule has 0 bridgehead atoms. The van der Waals surface area contributed by atoms with Crippen LogP contribution in [0.4, 0.5) is 27.6 Å². The van der Waals surface area contributed by atoms with Gasteiger partial charge in [-0.25, -0.2) is 35.2 Å². The fourth-order valence-corrected chi connectivity index (χ4v) is 2.52. The number of benzene rings is 2. The van der Waals surface area contributed by atoms with E-state index in [2.05, 4.69) is 4.74 Å². The molecule has 0 radical (unpaired) electrons. The summed E-state index contributed by atoms with van der Waals surface area (Å²) in [5.41, 5.74) is -1.83. The lowest BCUT2D eigenvalue weighted by molar-refractivity contribution is 0.0463. The van der Waals surface area contributed by atoms with Crippen molar-refractivity contribution in [1.82, 2.24) is 0 Å². The predicted octanol–water partition coefficient (Wildman–Crippen LogP) is 3.11. The molecule has 140 valence electrons.